The van der Waals surface area contributed by atoms with Crippen molar-refractivity contribution in [3.8, 4) is 11.5 Å². The first-order valence-corrected chi connectivity index (χ1v) is 7.34. The van der Waals surface area contributed by atoms with Gasteiger partial charge in [-0.25, -0.2) is 4.79 Å². The number of methoxy groups -OCH3 is 1. The molecule has 1 aromatic heterocycles. The maximum absolute atomic E-state index is 12.3. The van der Waals surface area contributed by atoms with Gasteiger partial charge in [-0.1, -0.05) is 0 Å². The van der Waals surface area contributed by atoms with Crippen molar-refractivity contribution in [3.05, 3.63) is 46.3 Å². The smallest absolute Gasteiger partial charge is 0.344 e. The number of carboxylic acids is 1. The van der Waals surface area contributed by atoms with Crippen LogP contribution in [0.25, 0.3) is 21.7 Å². The van der Waals surface area contributed by atoms with Gasteiger partial charge in [-0.15, -0.1) is 0 Å². The molecule has 0 aliphatic carbocycles. The van der Waals surface area contributed by atoms with E-state index in [-0.39, 0.29) is 0 Å². The van der Waals surface area contributed by atoms with Gasteiger partial charge in [-0.05, 0) is 44.2 Å². The van der Waals surface area contributed by atoms with E-state index in [0.29, 0.717) is 28.0 Å². The summed E-state index contributed by atoms with van der Waals surface area (Å²) in [5.74, 6) is -0.426. The van der Waals surface area contributed by atoms with Crippen molar-refractivity contribution in [3.63, 3.8) is 0 Å². The van der Waals surface area contributed by atoms with E-state index < -0.39 is 17.7 Å². The Hall–Kier alpha value is -3.02. The molecular weight excluding hydrogens is 312 g/mol. The number of ether oxygens (including phenoxy) is 2. The second-order valence-electron chi connectivity index (χ2n) is 5.45. The SMILES string of the molecule is COc1ccc2c(c1)c(=O)oc1c(C)c(O[C@H](C)C(=O)[O-])ccc12. The summed E-state index contributed by atoms with van der Waals surface area (Å²) in [5.41, 5.74) is 0.417. The summed E-state index contributed by atoms with van der Waals surface area (Å²) in [6, 6.07) is 8.56. The zero-order chi connectivity index (χ0) is 17.4. The fraction of sp³-hybridized carbons (Fsp3) is 0.222. The van der Waals surface area contributed by atoms with Crippen molar-refractivity contribution in [1.29, 1.82) is 0 Å². The third-order valence-corrected chi connectivity index (χ3v) is 3.92. The maximum atomic E-state index is 12.3. The molecule has 0 unspecified atom stereocenters. The Morgan fingerprint density at radius 2 is 1.88 bits per heavy atom. The number of fused-ring (bicyclic) bond motifs is 3. The van der Waals surface area contributed by atoms with Crippen molar-refractivity contribution in [2.45, 2.75) is 20.0 Å². The van der Waals surface area contributed by atoms with E-state index in [0.717, 1.165) is 10.8 Å². The van der Waals surface area contributed by atoms with Crippen LogP contribution < -0.4 is 20.2 Å². The first kappa shape index (κ1) is 15.9. The van der Waals surface area contributed by atoms with Crippen molar-refractivity contribution >= 4 is 27.7 Å². The Morgan fingerprint density at radius 1 is 1.17 bits per heavy atom. The number of aryl methyl sites for hydroxylation is 1. The molecule has 0 saturated heterocycles. The minimum absolute atomic E-state index is 0.329. The van der Waals surface area contributed by atoms with Gasteiger partial charge in [-0.3, -0.25) is 0 Å². The normalized spacial score (nSPS) is 12.3. The topological polar surface area (TPSA) is 88.8 Å². The minimum Gasteiger partial charge on any atom is -0.546 e. The fourth-order valence-electron chi connectivity index (χ4n) is 2.59. The van der Waals surface area contributed by atoms with Gasteiger partial charge in [0.05, 0.1) is 18.5 Å². The van der Waals surface area contributed by atoms with Crippen LogP contribution in [0.15, 0.2) is 39.5 Å². The molecule has 0 radical (unpaired) electrons. The van der Waals surface area contributed by atoms with Gasteiger partial charge >= 0.3 is 5.63 Å². The highest BCUT2D eigenvalue weighted by molar-refractivity contribution is 6.06. The highest BCUT2D eigenvalue weighted by Crippen LogP contribution is 2.32. The van der Waals surface area contributed by atoms with Gasteiger partial charge in [-0.2, -0.15) is 0 Å². The van der Waals surface area contributed by atoms with Crippen molar-refractivity contribution in [1.82, 2.24) is 0 Å². The lowest BCUT2D eigenvalue weighted by Gasteiger charge is -2.17. The molecule has 1 atom stereocenters. The molecule has 0 aliphatic rings. The summed E-state index contributed by atoms with van der Waals surface area (Å²) in [4.78, 5) is 23.1. The van der Waals surface area contributed by atoms with Gasteiger partial charge in [0.15, 0.2) is 0 Å². The van der Waals surface area contributed by atoms with E-state index >= 15 is 0 Å². The highest BCUT2D eigenvalue weighted by Gasteiger charge is 2.15. The molecule has 0 spiro atoms. The molecule has 0 fully saturated rings. The van der Waals surface area contributed by atoms with Crippen molar-refractivity contribution in [2.24, 2.45) is 0 Å². The van der Waals surface area contributed by atoms with Gasteiger partial charge in [0.25, 0.3) is 0 Å². The number of hydrogen-bond donors (Lipinski definition) is 0. The molecule has 0 amide bonds. The van der Waals surface area contributed by atoms with E-state index in [4.69, 9.17) is 13.9 Å². The lowest BCUT2D eigenvalue weighted by molar-refractivity contribution is -0.312. The fourth-order valence-corrected chi connectivity index (χ4v) is 2.59. The van der Waals surface area contributed by atoms with E-state index in [1.54, 1.807) is 37.3 Å². The van der Waals surface area contributed by atoms with Crippen LogP contribution >= 0.6 is 0 Å². The van der Waals surface area contributed by atoms with Gasteiger partial charge in [0, 0.05) is 16.3 Å². The summed E-state index contributed by atoms with van der Waals surface area (Å²) in [5, 5.41) is 12.7. The van der Waals surface area contributed by atoms with Crippen LogP contribution in [0.3, 0.4) is 0 Å². The quantitative estimate of drug-likeness (QED) is 0.536. The molecule has 0 N–H and O–H groups in total. The van der Waals surface area contributed by atoms with Gasteiger partial charge < -0.3 is 23.8 Å². The van der Waals surface area contributed by atoms with E-state index in [1.165, 1.54) is 14.0 Å². The van der Waals surface area contributed by atoms with Crippen molar-refractivity contribution in [2.75, 3.05) is 7.11 Å². The zero-order valence-electron chi connectivity index (χ0n) is 13.4. The van der Waals surface area contributed by atoms with E-state index in [2.05, 4.69) is 0 Å². The Bertz CT molecular complexity index is 1000. The predicted molar refractivity (Wildman–Crippen MR) is 86.4 cm³/mol. The molecule has 3 aromatic rings. The number of carbonyl (C=O) groups is 1. The number of carboxylic acid groups (broad SMARTS) is 1. The molecule has 1 heterocycles. The molecule has 2 aromatic carbocycles. The van der Waals surface area contributed by atoms with Crippen LogP contribution in [0, 0.1) is 6.92 Å². The maximum Gasteiger partial charge on any atom is 0.344 e. The lowest BCUT2D eigenvalue weighted by atomic mass is 10.0. The molecule has 6 nitrogen and oxygen atoms in total. The van der Waals surface area contributed by atoms with Gasteiger partial charge in [0.2, 0.25) is 0 Å². The monoisotopic (exact) mass is 327 g/mol. The summed E-state index contributed by atoms with van der Waals surface area (Å²) in [6.07, 6.45) is -1.11. The molecule has 6 heteroatoms. The second-order valence-corrected chi connectivity index (χ2v) is 5.45. The Labute approximate surface area is 137 Å². The zero-order valence-corrected chi connectivity index (χ0v) is 13.4. The standard InChI is InChI=1S/C18H16O6/c1-9-15(23-10(2)17(19)20)7-6-13-12-5-4-11(22-3)8-14(12)18(21)24-16(9)13/h4-8,10H,1-3H3,(H,19,20)/p-1/t10-/m1/s1. The van der Waals surface area contributed by atoms with E-state index in [1.807, 2.05) is 0 Å². The first-order valence-electron chi connectivity index (χ1n) is 7.34. The Kier molecular flexibility index (Phi) is 3.89. The van der Waals surface area contributed by atoms with Crippen LogP contribution in [0.4, 0.5) is 0 Å². The highest BCUT2D eigenvalue weighted by atomic mass is 16.5. The second kappa shape index (κ2) is 5.88. The van der Waals surface area contributed by atoms with Crippen LogP contribution in [0.2, 0.25) is 0 Å². The Balaban J connectivity index is 2.24. The lowest BCUT2D eigenvalue weighted by Crippen LogP contribution is -2.37. The first-order chi connectivity index (χ1) is 11.4. The van der Waals surface area contributed by atoms with Crippen LogP contribution in [-0.4, -0.2) is 19.2 Å². The number of hydrogen-bond acceptors (Lipinski definition) is 6. The van der Waals surface area contributed by atoms with E-state index in [9.17, 15) is 14.7 Å². The summed E-state index contributed by atoms with van der Waals surface area (Å²) < 4.78 is 15.9. The molecule has 0 bridgehead atoms. The number of rotatable bonds is 4. The Morgan fingerprint density at radius 3 is 2.54 bits per heavy atom. The van der Waals surface area contributed by atoms with Crippen LogP contribution in [0.1, 0.15) is 12.5 Å². The number of aliphatic carboxylic acids is 1. The minimum atomic E-state index is -1.32. The third kappa shape index (κ3) is 2.56. The van der Waals surface area contributed by atoms with Crippen LogP contribution in [0.5, 0.6) is 11.5 Å². The summed E-state index contributed by atoms with van der Waals surface area (Å²) in [7, 11) is 1.52. The number of benzene rings is 2. The van der Waals surface area contributed by atoms with Gasteiger partial charge in [0.1, 0.15) is 23.2 Å². The summed E-state index contributed by atoms with van der Waals surface area (Å²) >= 11 is 0. The summed E-state index contributed by atoms with van der Waals surface area (Å²) in [6.45, 7) is 3.08. The largest absolute Gasteiger partial charge is 0.546 e. The molecular formula is C18H15O6-. The predicted octanol–water partition coefficient (Wildman–Crippen LogP) is 1.78. The molecule has 0 saturated carbocycles. The molecule has 3 rings (SSSR count). The van der Waals surface area contributed by atoms with Crippen LogP contribution in [-0.2, 0) is 4.79 Å². The third-order valence-electron chi connectivity index (χ3n) is 3.92. The van der Waals surface area contributed by atoms with Crippen molar-refractivity contribution < 1.29 is 23.8 Å². The molecule has 24 heavy (non-hydrogen) atoms. The molecule has 124 valence electrons. The average Bonchev–Trinajstić information content (AvgIpc) is 2.57. The molecule has 0 aliphatic heterocycles. The number of carbonyl (C=O) groups excluding carboxylic acids is 1. The average molecular weight is 327 g/mol.